The van der Waals surface area contributed by atoms with E-state index in [0.717, 1.165) is 11.3 Å². The smallest absolute Gasteiger partial charge is 0.250 e. The van der Waals surface area contributed by atoms with Gasteiger partial charge in [-0.05, 0) is 25.3 Å². The molecule has 0 amide bonds. The Morgan fingerprint density at radius 2 is 2.25 bits per heavy atom. The summed E-state index contributed by atoms with van der Waals surface area (Å²) in [6, 6.07) is 3.12. The summed E-state index contributed by atoms with van der Waals surface area (Å²) in [7, 11) is -3.63. The highest BCUT2D eigenvalue weighted by molar-refractivity contribution is 7.91. The second-order valence-corrected chi connectivity index (χ2v) is 6.50. The average Bonchev–Trinajstić information content (AvgIpc) is 2.68. The van der Waals surface area contributed by atoms with Gasteiger partial charge in [-0.15, -0.1) is 11.3 Å². The van der Waals surface area contributed by atoms with Gasteiger partial charge in [0, 0.05) is 0 Å². The van der Waals surface area contributed by atoms with Crippen LogP contribution in [0.5, 0.6) is 0 Å². The molecule has 0 aromatic carbocycles. The topological polar surface area (TPSA) is 105 Å². The van der Waals surface area contributed by atoms with Crippen LogP contribution >= 0.6 is 11.3 Å². The van der Waals surface area contributed by atoms with Gasteiger partial charge in [-0.2, -0.15) is 4.72 Å². The molecule has 0 saturated carbocycles. The van der Waals surface area contributed by atoms with E-state index in [4.69, 9.17) is 10.9 Å². The molecule has 0 aliphatic heterocycles. The first-order valence-electron chi connectivity index (χ1n) is 4.35. The molecule has 0 bridgehead atoms. The zero-order chi connectivity index (χ0) is 12.4. The lowest BCUT2D eigenvalue weighted by Crippen LogP contribution is -2.52. The SMILES string of the molecule is CC(C)(NS(=O)(=O)c1cccs1)/C(N)=N/O. The zero-order valence-corrected chi connectivity index (χ0v) is 10.5. The molecule has 0 unspecified atom stereocenters. The van der Waals surface area contributed by atoms with Crippen molar-refractivity contribution < 1.29 is 13.6 Å². The van der Waals surface area contributed by atoms with Crippen LogP contribution in [0, 0.1) is 0 Å². The normalized spacial score (nSPS) is 14.0. The van der Waals surface area contributed by atoms with Crippen molar-refractivity contribution in [2.75, 3.05) is 0 Å². The van der Waals surface area contributed by atoms with E-state index in [1.165, 1.54) is 19.9 Å². The number of nitrogens with one attached hydrogen (secondary N) is 1. The highest BCUT2D eigenvalue weighted by Gasteiger charge is 2.30. The summed E-state index contributed by atoms with van der Waals surface area (Å²) in [6.07, 6.45) is 0. The fraction of sp³-hybridized carbons (Fsp3) is 0.375. The van der Waals surface area contributed by atoms with Crippen LogP contribution in [0.15, 0.2) is 26.9 Å². The van der Waals surface area contributed by atoms with Crippen molar-refractivity contribution in [1.82, 2.24) is 4.72 Å². The molecular formula is C8H13N3O3S2. The van der Waals surface area contributed by atoms with Crippen LogP contribution in [0.1, 0.15) is 13.8 Å². The number of nitrogens with zero attached hydrogens (tertiary/aromatic N) is 1. The lowest BCUT2D eigenvalue weighted by Gasteiger charge is -2.23. The maximum absolute atomic E-state index is 11.8. The van der Waals surface area contributed by atoms with Crippen LogP contribution in [-0.2, 0) is 10.0 Å². The molecule has 6 nitrogen and oxygen atoms in total. The van der Waals surface area contributed by atoms with E-state index in [0.29, 0.717) is 0 Å². The fourth-order valence-corrected chi connectivity index (χ4v) is 3.36. The minimum atomic E-state index is -3.63. The van der Waals surface area contributed by atoms with Crippen molar-refractivity contribution in [2.45, 2.75) is 23.6 Å². The molecule has 0 saturated heterocycles. The van der Waals surface area contributed by atoms with E-state index in [1.807, 2.05) is 0 Å². The second-order valence-electron chi connectivity index (χ2n) is 3.65. The van der Waals surface area contributed by atoms with Crippen molar-refractivity contribution in [3.8, 4) is 0 Å². The lowest BCUT2D eigenvalue weighted by molar-refractivity contribution is 0.312. The Balaban J connectivity index is 2.99. The second kappa shape index (κ2) is 4.40. The van der Waals surface area contributed by atoms with Crippen LogP contribution in [0.2, 0.25) is 0 Å². The van der Waals surface area contributed by atoms with Gasteiger partial charge < -0.3 is 10.9 Å². The first kappa shape index (κ1) is 12.9. The van der Waals surface area contributed by atoms with Gasteiger partial charge in [-0.25, -0.2) is 8.42 Å². The fourth-order valence-electron chi connectivity index (χ4n) is 0.980. The van der Waals surface area contributed by atoms with Gasteiger partial charge in [0.25, 0.3) is 10.0 Å². The summed E-state index contributed by atoms with van der Waals surface area (Å²) in [6.45, 7) is 3.01. The first-order valence-corrected chi connectivity index (χ1v) is 6.71. The monoisotopic (exact) mass is 263 g/mol. The highest BCUT2D eigenvalue weighted by atomic mass is 32.2. The van der Waals surface area contributed by atoms with E-state index in [-0.39, 0.29) is 10.0 Å². The molecule has 0 fully saturated rings. The Bertz CT molecular complexity index is 477. The van der Waals surface area contributed by atoms with E-state index in [1.54, 1.807) is 11.4 Å². The number of hydrogen-bond donors (Lipinski definition) is 3. The molecule has 0 radical (unpaired) electrons. The van der Waals surface area contributed by atoms with Gasteiger partial charge in [0.1, 0.15) is 4.21 Å². The Hall–Kier alpha value is -1.12. The third kappa shape index (κ3) is 2.71. The first-order chi connectivity index (χ1) is 7.29. The van der Waals surface area contributed by atoms with Crippen LogP contribution in [-0.4, -0.2) is 25.0 Å². The third-order valence-corrected chi connectivity index (χ3v) is 4.95. The Morgan fingerprint density at radius 3 is 2.69 bits per heavy atom. The van der Waals surface area contributed by atoms with Crippen LogP contribution in [0.3, 0.4) is 0 Å². The molecule has 0 atom stereocenters. The zero-order valence-electron chi connectivity index (χ0n) is 8.84. The Morgan fingerprint density at radius 1 is 1.62 bits per heavy atom. The number of hydrogen-bond acceptors (Lipinski definition) is 5. The molecule has 1 aromatic rings. The summed E-state index contributed by atoms with van der Waals surface area (Å²) < 4.78 is 26.2. The molecular weight excluding hydrogens is 250 g/mol. The molecule has 8 heteroatoms. The van der Waals surface area contributed by atoms with Gasteiger partial charge in [-0.3, -0.25) is 0 Å². The van der Waals surface area contributed by atoms with Crippen molar-refractivity contribution in [3.63, 3.8) is 0 Å². The molecule has 0 aliphatic rings. The number of rotatable bonds is 4. The Kier molecular flexibility index (Phi) is 3.56. The van der Waals surface area contributed by atoms with Gasteiger partial charge in [0.05, 0.1) is 5.54 Å². The molecule has 0 spiro atoms. The quantitative estimate of drug-likeness (QED) is 0.319. The summed E-state index contributed by atoms with van der Waals surface area (Å²) >= 11 is 1.10. The van der Waals surface area contributed by atoms with Gasteiger partial charge in [-0.1, -0.05) is 11.2 Å². The minimum absolute atomic E-state index is 0.186. The predicted octanol–water partition coefficient (Wildman–Crippen LogP) is 0.551. The molecule has 90 valence electrons. The van der Waals surface area contributed by atoms with Crippen molar-refractivity contribution in [2.24, 2.45) is 10.9 Å². The van der Waals surface area contributed by atoms with Crippen molar-refractivity contribution in [1.29, 1.82) is 0 Å². The summed E-state index contributed by atoms with van der Waals surface area (Å²) in [5, 5.41) is 13.0. The summed E-state index contributed by atoms with van der Waals surface area (Å²) in [5.41, 5.74) is 4.25. The van der Waals surface area contributed by atoms with E-state index in [9.17, 15) is 8.42 Å². The minimum Gasteiger partial charge on any atom is -0.409 e. The highest BCUT2D eigenvalue weighted by Crippen LogP contribution is 2.18. The van der Waals surface area contributed by atoms with Crippen molar-refractivity contribution >= 4 is 27.2 Å². The van der Waals surface area contributed by atoms with Crippen molar-refractivity contribution in [3.05, 3.63) is 17.5 Å². The van der Waals surface area contributed by atoms with E-state index >= 15 is 0 Å². The summed E-state index contributed by atoms with van der Waals surface area (Å²) in [4.78, 5) is 0. The lowest BCUT2D eigenvalue weighted by atomic mass is 10.1. The number of amidine groups is 1. The van der Waals surface area contributed by atoms with Crippen LogP contribution < -0.4 is 10.5 Å². The molecule has 0 aliphatic carbocycles. The van der Waals surface area contributed by atoms with Gasteiger partial charge in [0.2, 0.25) is 0 Å². The van der Waals surface area contributed by atoms with Gasteiger partial charge >= 0.3 is 0 Å². The molecule has 1 rings (SSSR count). The number of thiophene rings is 1. The maximum atomic E-state index is 11.8. The third-order valence-electron chi connectivity index (χ3n) is 1.90. The predicted molar refractivity (Wildman–Crippen MR) is 62.1 cm³/mol. The van der Waals surface area contributed by atoms with Crippen LogP contribution in [0.25, 0.3) is 0 Å². The maximum Gasteiger partial charge on any atom is 0.250 e. The number of oxime groups is 1. The van der Waals surface area contributed by atoms with Crippen LogP contribution in [0.4, 0.5) is 0 Å². The van der Waals surface area contributed by atoms with Gasteiger partial charge in [0.15, 0.2) is 5.84 Å². The molecule has 16 heavy (non-hydrogen) atoms. The largest absolute Gasteiger partial charge is 0.409 e. The molecule has 4 N–H and O–H groups in total. The number of nitrogens with two attached hydrogens (primary N) is 1. The average molecular weight is 263 g/mol. The summed E-state index contributed by atoms with van der Waals surface area (Å²) in [5.74, 6) is -0.201. The molecule has 1 heterocycles. The number of sulfonamides is 1. The Labute approximate surface area is 97.8 Å². The van der Waals surface area contributed by atoms with E-state index < -0.39 is 15.6 Å². The molecule has 1 aromatic heterocycles. The van der Waals surface area contributed by atoms with E-state index in [2.05, 4.69) is 9.88 Å². The standard InChI is InChI=1S/C8H13N3O3S2/c1-8(2,7(9)10-12)11-16(13,14)6-4-3-5-15-6/h3-5,11-12H,1-2H3,(H2,9,10).